The number of rotatable bonds is 4. The Morgan fingerprint density at radius 3 is 2.63 bits per heavy atom. The molecule has 0 radical (unpaired) electrons. The first-order valence-electron chi connectivity index (χ1n) is 5.52. The van der Waals surface area contributed by atoms with E-state index < -0.39 is 16.1 Å². The summed E-state index contributed by atoms with van der Waals surface area (Å²) in [6, 6.07) is 4.83. The maximum atomic E-state index is 12.2. The summed E-state index contributed by atoms with van der Waals surface area (Å²) in [4.78, 5) is 7.89. The summed E-state index contributed by atoms with van der Waals surface area (Å²) in [6.45, 7) is 1.71. The maximum Gasteiger partial charge on any atom is 0.261 e. The maximum absolute atomic E-state index is 12.2. The van der Waals surface area contributed by atoms with Crippen molar-refractivity contribution in [2.75, 3.05) is 0 Å². The van der Waals surface area contributed by atoms with E-state index in [9.17, 15) is 8.42 Å². The lowest BCUT2D eigenvalue weighted by Crippen LogP contribution is -2.28. The molecule has 0 aliphatic carbocycles. The number of hydrogen-bond donors (Lipinski definition) is 1. The lowest BCUT2D eigenvalue weighted by molar-refractivity contribution is 0.561. The SMILES string of the molecule is CC(NS(=O)(=O)c1ncn(C)c1Cl)c1ccccn1. The minimum atomic E-state index is -3.77. The summed E-state index contributed by atoms with van der Waals surface area (Å²) in [7, 11) is -2.15. The van der Waals surface area contributed by atoms with Gasteiger partial charge < -0.3 is 4.57 Å². The van der Waals surface area contributed by atoms with Crippen LogP contribution >= 0.6 is 11.6 Å². The third-order valence-corrected chi connectivity index (χ3v) is 4.58. The number of nitrogens with one attached hydrogen (secondary N) is 1. The lowest BCUT2D eigenvalue weighted by Gasteiger charge is -2.12. The van der Waals surface area contributed by atoms with Gasteiger partial charge >= 0.3 is 0 Å². The van der Waals surface area contributed by atoms with Gasteiger partial charge in [0.25, 0.3) is 10.0 Å². The Morgan fingerprint density at radius 1 is 1.37 bits per heavy atom. The summed E-state index contributed by atoms with van der Waals surface area (Å²) in [6.07, 6.45) is 2.95. The first kappa shape index (κ1) is 14.0. The molecule has 2 aromatic heterocycles. The van der Waals surface area contributed by atoms with Crippen molar-refractivity contribution < 1.29 is 8.42 Å². The van der Waals surface area contributed by atoms with Crippen LogP contribution in [0, 0.1) is 0 Å². The first-order valence-corrected chi connectivity index (χ1v) is 7.38. The van der Waals surface area contributed by atoms with Crippen LogP contribution in [0.5, 0.6) is 0 Å². The highest BCUT2D eigenvalue weighted by Gasteiger charge is 2.25. The zero-order chi connectivity index (χ0) is 14.0. The van der Waals surface area contributed by atoms with E-state index in [1.807, 2.05) is 0 Å². The van der Waals surface area contributed by atoms with Gasteiger partial charge in [0.2, 0.25) is 5.03 Å². The number of hydrogen-bond acceptors (Lipinski definition) is 4. The molecular formula is C11H13ClN4O2S. The Hall–Kier alpha value is -1.44. The summed E-state index contributed by atoms with van der Waals surface area (Å²) in [5.74, 6) is 0. The van der Waals surface area contributed by atoms with Gasteiger partial charge in [-0.3, -0.25) is 4.98 Å². The van der Waals surface area contributed by atoms with Gasteiger partial charge in [-0.1, -0.05) is 17.7 Å². The van der Waals surface area contributed by atoms with Crippen LogP contribution in [0.1, 0.15) is 18.7 Å². The van der Waals surface area contributed by atoms with Crippen molar-refractivity contribution in [1.82, 2.24) is 19.3 Å². The number of halogens is 1. The van der Waals surface area contributed by atoms with Gasteiger partial charge in [-0.15, -0.1) is 0 Å². The first-order chi connectivity index (χ1) is 8.92. The predicted molar refractivity (Wildman–Crippen MR) is 71.2 cm³/mol. The number of aryl methyl sites for hydroxylation is 1. The van der Waals surface area contributed by atoms with E-state index >= 15 is 0 Å². The molecule has 0 aliphatic rings. The molecule has 2 aromatic rings. The molecule has 19 heavy (non-hydrogen) atoms. The zero-order valence-corrected chi connectivity index (χ0v) is 12.0. The van der Waals surface area contributed by atoms with Crippen LogP contribution in [0.2, 0.25) is 5.15 Å². The second kappa shape index (κ2) is 5.28. The van der Waals surface area contributed by atoms with Gasteiger partial charge in [0.15, 0.2) is 0 Å². The van der Waals surface area contributed by atoms with E-state index in [2.05, 4.69) is 14.7 Å². The van der Waals surface area contributed by atoms with E-state index in [0.717, 1.165) is 0 Å². The third kappa shape index (κ3) is 2.94. The summed E-state index contributed by atoms with van der Waals surface area (Å²) < 4.78 is 28.2. The highest BCUT2D eigenvalue weighted by atomic mass is 35.5. The van der Waals surface area contributed by atoms with Crippen LogP contribution in [0.25, 0.3) is 0 Å². The molecule has 0 saturated heterocycles. The van der Waals surface area contributed by atoms with Gasteiger partial charge in [0, 0.05) is 13.2 Å². The van der Waals surface area contributed by atoms with Gasteiger partial charge in [-0.25, -0.2) is 18.1 Å². The summed E-state index contributed by atoms with van der Waals surface area (Å²) >= 11 is 5.89. The summed E-state index contributed by atoms with van der Waals surface area (Å²) in [5.41, 5.74) is 0.623. The number of nitrogens with zero attached hydrogens (tertiary/aromatic N) is 3. The van der Waals surface area contributed by atoms with Crippen LogP contribution in [-0.2, 0) is 17.1 Å². The van der Waals surface area contributed by atoms with Crippen LogP contribution in [-0.4, -0.2) is 23.0 Å². The fourth-order valence-corrected chi connectivity index (χ4v) is 3.20. The second-order valence-corrected chi connectivity index (χ2v) is 6.04. The minimum Gasteiger partial charge on any atom is -0.324 e. The third-order valence-electron chi connectivity index (χ3n) is 2.55. The Bertz CT molecular complexity index is 669. The molecule has 102 valence electrons. The van der Waals surface area contributed by atoms with Crippen molar-refractivity contribution in [2.24, 2.45) is 7.05 Å². The van der Waals surface area contributed by atoms with Crippen LogP contribution in [0.15, 0.2) is 35.7 Å². The smallest absolute Gasteiger partial charge is 0.261 e. The molecule has 0 amide bonds. The number of sulfonamides is 1. The minimum absolute atomic E-state index is 0.0701. The van der Waals surface area contributed by atoms with Gasteiger partial charge in [-0.05, 0) is 19.1 Å². The molecule has 2 rings (SSSR count). The monoisotopic (exact) mass is 300 g/mol. The number of imidazole rings is 1. The molecule has 0 spiro atoms. The second-order valence-electron chi connectivity index (χ2n) is 4.05. The van der Waals surface area contributed by atoms with Gasteiger partial charge in [0.05, 0.1) is 18.1 Å². The molecule has 0 aliphatic heterocycles. The molecule has 0 fully saturated rings. The van der Waals surface area contributed by atoms with Crippen molar-refractivity contribution >= 4 is 21.6 Å². The molecule has 1 unspecified atom stereocenters. The predicted octanol–water partition coefficient (Wildman–Crippen LogP) is 1.51. The molecule has 8 heteroatoms. The van der Waals surface area contributed by atoms with E-state index in [4.69, 9.17) is 11.6 Å². The number of aromatic nitrogens is 3. The zero-order valence-electron chi connectivity index (χ0n) is 10.4. The lowest BCUT2D eigenvalue weighted by atomic mass is 10.2. The molecule has 1 N–H and O–H groups in total. The molecule has 0 saturated carbocycles. The van der Waals surface area contributed by atoms with E-state index in [1.165, 1.54) is 10.9 Å². The highest BCUT2D eigenvalue weighted by Crippen LogP contribution is 2.20. The molecule has 6 nitrogen and oxygen atoms in total. The number of pyridine rings is 1. The Kier molecular flexibility index (Phi) is 3.88. The Morgan fingerprint density at radius 2 is 2.11 bits per heavy atom. The van der Waals surface area contributed by atoms with Gasteiger partial charge in [-0.2, -0.15) is 0 Å². The average molecular weight is 301 g/mol. The molecule has 1 atom stereocenters. The highest BCUT2D eigenvalue weighted by molar-refractivity contribution is 7.89. The Labute approximate surface area is 116 Å². The van der Waals surface area contributed by atoms with Gasteiger partial charge in [0.1, 0.15) is 5.15 Å². The van der Waals surface area contributed by atoms with E-state index in [1.54, 1.807) is 38.4 Å². The fraction of sp³-hybridized carbons (Fsp3) is 0.273. The largest absolute Gasteiger partial charge is 0.324 e. The van der Waals surface area contributed by atoms with Crippen molar-refractivity contribution in [2.45, 2.75) is 18.0 Å². The van der Waals surface area contributed by atoms with Crippen molar-refractivity contribution in [3.8, 4) is 0 Å². The van der Waals surface area contributed by atoms with Crippen LogP contribution < -0.4 is 4.72 Å². The van der Waals surface area contributed by atoms with Crippen molar-refractivity contribution in [1.29, 1.82) is 0 Å². The molecule has 2 heterocycles. The topological polar surface area (TPSA) is 76.9 Å². The van der Waals surface area contributed by atoms with E-state index in [-0.39, 0.29) is 10.2 Å². The molecule has 0 bridgehead atoms. The van der Waals surface area contributed by atoms with E-state index in [0.29, 0.717) is 5.69 Å². The molecular weight excluding hydrogens is 288 g/mol. The standard InChI is InChI=1S/C11H13ClN4O2S/c1-8(9-5-3-4-6-13-9)15-19(17,18)11-10(12)16(2)7-14-11/h3-8,15H,1-2H3. The fourth-order valence-electron chi connectivity index (χ4n) is 1.56. The normalized spacial score (nSPS) is 13.4. The average Bonchev–Trinajstić information content (AvgIpc) is 2.71. The molecule has 0 aromatic carbocycles. The van der Waals surface area contributed by atoms with Crippen LogP contribution in [0.3, 0.4) is 0 Å². The van der Waals surface area contributed by atoms with Crippen molar-refractivity contribution in [3.05, 3.63) is 41.6 Å². The summed E-state index contributed by atoms with van der Waals surface area (Å²) in [5, 5.41) is -0.111. The van der Waals surface area contributed by atoms with Crippen molar-refractivity contribution in [3.63, 3.8) is 0 Å². The quantitative estimate of drug-likeness (QED) is 0.928. The Balaban J connectivity index is 2.25. The van der Waals surface area contributed by atoms with Crippen LogP contribution in [0.4, 0.5) is 0 Å².